The largest absolute Gasteiger partial charge is 0.310 e. The zero-order valence-electron chi connectivity index (χ0n) is 11.7. The quantitative estimate of drug-likeness (QED) is 0.779. The molecule has 0 bridgehead atoms. The van der Waals surface area contributed by atoms with E-state index in [0.29, 0.717) is 12.0 Å². The summed E-state index contributed by atoms with van der Waals surface area (Å²) in [6.45, 7) is 2.89. The van der Waals surface area contributed by atoms with Crippen LogP contribution in [0, 0.1) is 5.82 Å². The second kappa shape index (κ2) is 7.87. The van der Waals surface area contributed by atoms with Gasteiger partial charge in [0.15, 0.2) is 0 Å². The average Bonchev–Trinajstić information content (AvgIpc) is 2.48. The molecule has 2 nitrogen and oxygen atoms in total. The van der Waals surface area contributed by atoms with Gasteiger partial charge < -0.3 is 5.32 Å². The maximum absolute atomic E-state index is 14.2. The van der Waals surface area contributed by atoms with Crippen molar-refractivity contribution in [2.45, 2.75) is 25.8 Å². The van der Waals surface area contributed by atoms with Gasteiger partial charge in [-0.2, -0.15) is 0 Å². The molecule has 1 atom stereocenters. The molecule has 1 heterocycles. The van der Waals surface area contributed by atoms with Gasteiger partial charge in [-0.25, -0.2) is 4.39 Å². The molecule has 0 amide bonds. The summed E-state index contributed by atoms with van der Waals surface area (Å²) in [4.78, 5) is 4.36. The molecule has 2 rings (SSSR count). The molecule has 0 aliphatic carbocycles. The molecule has 0 saturated heterocycles. The minimum absolute atomic E-state index is 0.141. The Morgan fingerprint density at radius 2 is 2.14 bits per heavy atom. The lowest BCUT2D eigenvalue weighted by Crippen LogP contribution is -2.25. The molecule has 0 radical (unpaired) electrons. The molecular weight excluding hydrogens is 355 g/mol. The van der Waals surface area contributed by atoms with E-state index < -0.39 is 0 Å². The van der Waals surface area contributed by atoms with E-state index in [0.717, 1.165) is 23.1 Å². The van der Waals surface area contributed by atoms with Crippen LogP contribution in [0.1, 0.15) is 30.6 Å². The number of halogens is 3. The molecule has 1 aromatic carbocycles. The van der Waals surface area contributed by atoms with Gasteiger partial charge in [-0.15, -0.1) is 0 Å². The van der Waals surface area contributed by atoms with E-state index in [1.54, 1.807) is 24.4 Å². The molecule has 0 aliphatic rings. The first-order chi connectivity index (χ1) is 10.1. The maximum atomic E-state index is 14.2. The highest BCUT2D eigenvalue weighted by Gasteiger charge is 2.18. The number of benzene rings is 1. The summed E-state index contributed by atoms with van der Waals surface area (Å²) in [6, 6.07) is 8.84. The van der Waals surface area contributed by atoms with E-state index in [1.807, 2.05) is 12.1 Å². The van der Waals surface area contributed by atoms with Crippen LogP contribution in [0.4, 0.5) is 4.39 Å². The minimum Gasteiger partial charge on any atom is -0.310 e. The SMILES string of the molecule is CCCNC(Cc1ccc(Br)cn1)c1cccc(Cl)c1F. The lowest BCUT2D eigenvalue weighted by molar-refractivity contribution is 0.493. The van der Waals surface area contributed by atoms with Gasteiger partial charge in [0.2, 0.25) is 0 Å². The number of aromatic nitrogens is 1. The van der Waals surface area contributed by atoms with E-state index in [2.05, 4.69) is 33.2 Å². The third-order valence-corrected chi connectivity index (χ3v) is 3.96. The highest BCUT2D eigenvalue weighted by Crippen LogP contribution is 2.26. The van der Waals surface area contributed by atoms with Crippen molar-refractivity contribution in [3.63, 3.8) is 0 Å². The standard InChI is InChI=1S/C16H17BrClFN2/c1-2-8-20-15(9-12-7-6-11(17)10-21-12)13-4-3-5-14(18)16(13)19/h3-7,10,15,20H,2,8-9H2,1H3. The topological polar surface area (TPSA) is 24.9 Å². The summed E-state index contributed by atoms with van der Waals surface area (Å²) in [6.07, 6.45) is 3.34. The van der Waals surface area contributed by atoms with Crippen LogP contribution in [0.15, 0.2) is 41.0 Å². The Hall–Kier alpha value is -0.970. The first-order valence-electron chi connectivity index (χ1n) is 6.89. The smallest absolute Gasteiger partial charge is 0.146 e. The van der Waals surface area contributed by atoms with Gasteiger partial charge in [0, 0.05) is 34.4 Å². The predicted octanol–water partition coefficient (Wildman–Crippen LogP) is 4.92. The summed E-state index contributed by atoms with van der Waals surface area (Å²) in [5, 5.41) is 3.52. The monoisotopic (exact) mass is 370 g/mol. The summed E-state index contributed by atoms with van der Waals surface area (Å²) in [5.41, 5.74) is 1.49. The second-order valence-corrected chi connectivity index (χ2v) is 6.14. The van der Waals surface area contributed by atoms with Crippen LogP contribution >= 0.6 is 27.5 Å². The van der Waals surface area contributed by atoms with E-state index >= 15 is 0 Å². The summed E-state index contributed by atoms with van der Waals surface area (Å²) >= 11 is 9.26. The lowest BCUT2D eigenvalue weighted by Gasteiger charge is -2.20. The molecule has 21 heavy (non-hydrogen) atoms. The average molecular weight is 372 g/mol. The van der Waals surface area contributed by atoms with Gasteiger partial charge in [-0.3, -0.25) is 4.98 Å². The van der Waals surface area contributed by atoms with Gasteiger partial charge >= 0.3 is 0 Å². The molecule has 112 valence electrons. The molecule has 0 aliphatic heterocycles. The maximum Gasteiger partial charge on any atom is 0.146 e. The van der Waals surface area contributed by atoms with Crippen molar-refractivity contribution in [1.29, 1.82) is 0 Å². The molecule has 1 N–H and O–H groups in total. The zero-order chi connectivity index (χ0) is 15.2. The number of pyridine rings is 1. The van der Waals surface area contributed by atoms with E-state index in [9.17, 15) is 4.39 Å². The van der Waals surface area contributed by atoms with E-state index in [4.69, 9.17) is 11.6 Å². The Kier molecular flexibility index (Phi) is 6.15. The van der Waals surface area contributed by atoms with Gasteiger partial charge in [0.1, 0.15) is 5.82 Å². The highest BCUT2D eigenvalue weighted by molar-refractivity contribution is 9.10. The fraction of sp³-hybridized carbons (Fsp3) is 0.312. The van der Waals surface area contributed by atoms with Crippen molar-refractivity contribution in [1.82, 2.24) is 10.3 Å². The van der Waals surface area contributed by atoms with Crippen molar-refractivity contribution in [2.75, 3.05) is 6.54 Å². The Bertz CT molecular complexity index is 589. The highest BCUT2D eigenvalue weighted by atomic mass is 79.9. The van der Waals surface area contributed by atoms with E-state index in [-0.39, 0.29) is 16.9 Å². The van der Waals surface area contributed by atoms with Gasteiger partial charge in [-0.05, 0) is 47.1 Å². The Balaban J connectivity index is 2.25. The van der Waals surface area contributed by atoms with Crippen molar-refractivity contribution in [2.24, 2.45) is 0 Å². The Morgan fingerprint density at radius 1 is 1.33 bits per heavy atom. The molecule has 0 fully saturated rings. The molecular formula is C16H17BrClFN2. The molecule has 1 aromatic heterocycles. The Labute approximate surface area is 137 Å². The fourth-order valence-corrected chi connectivity index (χ4v) is 2.55. The van der Waals surface area contributed by atoms with Crippen LogP contribution in [0.2, 0.25) is 5.02 Å². The number of rotatable bonds is 6. The normalized spacial score (nSPS) is 12.4. The number of nitrogens with zero attached hydrogens (tertiary/aromatic N) is 1. The van der Waals surface area contributed by atoms with Crippen molar-refractivity contribution in [3.8, 4) is 0 Å². The van der Waals surface area contributed by atoms with E-state index in [1.165, 1.54) is 0 Å². The first kappa shape index (κ1) is 16.4. The van der Waals surface area contributed by atoms with Gasteiger partial charge in [0.25, 0.3) is 0 Å². The third kappa shape index (κ3) is 4.50. The lowest BCUT2D eigenvalue weighted by atomic mass is 10.0. The van der Waals surface area contributed by atoms with Crippen molar-refractivity contribution < 1.29 is 4.39 Å². The molecule has 0 saturated carbocycles. The summed E-state index contributed by atoms with van der Waals surface area (Å²) < 4.78 is 15.2. The van der Waals surface area contributed by atoms with Gasteiger partial charge in [0.05, 0.1) is 5.02 Å². The summed E-state index contributed by atoms with van der Waals surface area (Å²) in [7, 11) is 0. The third-order valence-electron chi connectivity index (χ3n) is 3.20. The van der Waals surface area contributed by atoms with Crippen LogP contribution in [-0.4, -0.2) is 11.5 Å². The van der Waals surface area contributed by atoms with Gasteiger partial charge in [-0.1, -0.05) is 30.7 Å². The second-order valence-electron chi connectivity index (χ2n) is 4.82. The number of hydrogen-bond acceptors (Lipinski definition) is 2. The van der Waals surface area contributed by atoms with Crippen LogP contribution in [-0.2, 0) is 6.42 Å². The first-order valence-corrected chi connectivity index (χ1v) is 8.06. The number of nitrogens with one attached hydrogen (secondary N) is 1. The number of hydrogen-bond donors (Lipinski definition) is 1. The summed E-state index contributed by atoms with van der Waals surface area (Å²) in [5.74, 6) is -0.357. The zero-order valence-corrected chi connectivity index (χ0v) is 14.1. The Morgan fingerprint density at radius 3 is 2.81 bits per heavy atom. The van der Waals surface area contributed by atoms with Crippen molar-refractivity contribution >= 4 is 27.5 Å². The minimum atomic E-state index is -0.357. The van der Waals surface area contributed by atoms with Crippen LogP contribution in [0.25, 0.3) is 0 Å². The molecule has 5 heteroatoms. The van der Waals surface area contributed by atoms with Crippen LogP contribution in [0.3, 0.4) is 0 Å². The predicted molar refractivity (Wildman–Crippen MR) is 88.1 cm³/mol. The van der Waals surface area contributed by atoms with Crippen LogP contribution in [0.5, 0.6) is 0 Å². The van der Waals surface area contributed by atoms with Crippen LogP contribution < -0.4 is 5.32 Å². The molecule has 2 aromatic rings. The molecule has 1 unspecified atom stereocenters. The molecule has 0 spiro atoms. The fourth-order valence-electron chi connectivity index (χ4n) is 2.14. The van der Waals surface area contributed by atoms with Crippen molar-refractivity contribution in [3.05, 3.63) is 63.1 Å².